The molecule has 2 N–H and O–H groups in total. The Bertz CT molecular complexity index is 584. The van der Waals surface area contributed by atoms with Gasteiger partial charge in [0.05, 0.1) is 5.00 Å². The van der Waals surface area contributed by atoms with E-state index in [0.29, 0.717) is 0 Å². The van der Waals surface area contributed by atoms with Gasteiger partial charge in [-0.25, -0.2) is 0 Å². The van der Waals surface area contributed by atoms with Gasteiger partial charge in [0.25, 0.3) is 0 Å². The highest BCUT2D eigenvalue weighted by atomic mass is 32.1. The zero-order valence-corrected chi connectivity index (χ0v) is 11.0. The van der Waals surface area contributed by atoms with Crippen molar-refractivity contribution >= 4 is 22.6 Å². The van der Waals surface area contributed by atoms with E-state index < -0.39 is 0 Å². The molecule has 17 heavy (non-hydrogen) atoms. The highest BCUT2D eigenvalue weighted by molar-refractivity contribution is 7.19. The van der Waals surface area contributed by atoms with Crippen LogP contribution in [0, 0.1) is 20.8 Å². The van der Waals surface area contributed by atoms with Crippen molar-refractivity contribution in [3.05, 3.63) is 40.5 Å². The highest BCUT2D eigenvalue weighted by Crippen LogP contribution is 2.36. The largest absolute Gasteiger partial charge is 0.391 e. The number of benzene rings is 1. The predicted octanol–water partition coefficient (Wildman–Crippen LogP) is 3.74. The topological polar surface area (TPSA) is 43.1 Å². The SMILES string of the molecule is Cc1cc(C=O)c(C)c(-c2ccc(N)s2)c1C. The molecule has 2 rings (SSSR count). The highest BCUT2D eigenvalue weighted by Gasteiger charge is 2.13. The number of rotatable bonds is 2. The normalized spacial score (nSPS) is 10.5. The number of carbonyl (C=O) groups excluding carboxylic acids is 1. The van der Waals surface area contributed by atoms with E-state index in [2.05, 4.69) is 6.92 Å². The number of hydrogen-bond acceptors (Lipinski definition) is 3. The summed E-state index contributed by atoms with van der Waals surface area (Å²) in [6.07, 6.45) is 0.919. The number of hydrogen-bond donors (Lipinski definition) is 1. The Morgan fingerprint density at radius 1 is 1.18 bits per heavy atom. The monoisotopic (exact) mass is 245 g/mol. The molecule has 2 nitrogen and oxygen atoms in total. The van der Waals surface area contributed by atoms with Crippen molar-refractivity contribution in [3.8, 4) is 10.4 Å². The Hall–Kier alpha value is -1.61. The van der Waals surface area contributed by atoms with E-state index in [-0.39, 0.29) is 0 Å². The summed E-state index contributed by atoms with van der Waals surface area (Å²) >= 11 is 1.56. The fraction of sp³-hybridized carbons (Fsp3) is 0.214. The van der Waals surface area contributed by atoms with Gasteiger partial charge < -0.3 is 5.73 Å². The van der Waals surface area contributed by atoms with E-state index in [0.717, 1.165) is 38.4 Å². The molecule has 0 aliphatic rings. The van der Waals surface area contributed by atoms with Crippen molar-refractivity contribution in [2.45, 2.75) is 20.8 Å². The van der Waals surface area contributed by atoms with Crippen molar-refractivity contribution in [2.24, 2.45) is 0 Å². The molecule has 0 bridgehead atoms. The number of carbonyl (C=O) groups is 1. The fourth-order valence-corrected chi connectivity index (χ4v) is 2.99. The second-order valence-electron chi connectivity index (χ2n) is 4.23. The molecule has 1 heterocycles. The van der Waals surface area contributed by atoms with Crippen molar-refractivity contribution < 1.29 is 4.79 Å². The first-order valence-electron chi connectivity index (χ1n) is 5.46. The summed E-state index contributed by atoms with van der Waals surface area (Å²) in [5, 5.41) is 0.799. The van der Waals surface area contributed by atoms with Crippen molar-refractivity contribution in [1.29, 1.82) is 0 Å². The minimum atomic E-state index is 0.759. The summed E-state index contributed by atoms with van der Waals surface area (Å²) in [5.41, 5.74) is 11.1. The summed E-state index contributed by atoms with van der Waals surface area (Å²) in [7, 11) is 0. The maximum Gasteiger partial charge on any atom is 0.150 e. The number of anilines is 1. The van der Waals surface area contributed by atoms with Crippen LogP contribution in [-0.2, 0) is 0 Å². The lowest BCUT2D eigenvalue weighted by molar-refractivity contribution is 0.112. The van der Waals surface area contributed by atoms with Gasteiger partial charge in [-0.3, -0.25) is 4.79 Å². The number of aldehydes is 1. The van der Waals surface area contributed by atoms with Crippen LogP contribution >= 0.6 is 11.3 Å². The molecule has 0 saturated carbocycles. The van der Waals surface area contributed by atoms with Crippen LogP contribution in [0.25, 0.3) is 10.4 Å². The number of thiophene rings is 1. The van der Waals surface area contributed by atoms with E-state index in [1.54, 1.807) is 11.3 Å². The molecule has 0 saturated heterocycles. The smallest absolute Gasteiger partial charge is 0.150 e. The first kappa shape index (κ1) is 11.9. The van der Waals surface area contributed by atoms with E-state index in [4.69, 9.17) is 5.73 Å². The molecule has 0 aliphatic heterocycles. The van der Waals surface area contributed by atoms with Crippen molar-refractivity contribution in [3.63, 3.8) is 0 Å². The van der Waals surface area contributed by atoms with Gasteiger partial charge in [0.2, 0.25) is 0 Å². The second-order valence-corrected chi connectivity index (χ2v) is 5.34. The van der Waals surface area contributed by atoms with Crippen LogP contribution in [0.3, 0.4) is 0 Å². The Morgan fingerprint density at radius 3 is 2.41 bits per heavy atom. The van der Waals surface area contributed by atoms with Gasteiger partial charge in [0.1, 0.15) is 6.29 Å². The average molecular weight is 245 g/mol. The number of nitrogens with two attached hydrogens (primary N) is 1. The maximum absolute atomic E-state index is 11.1. The molecule has 3 heteroatoms. The Morgan fingerprint density at radius 2 is 1.88 bits per heavy atom. The molecule has 0 unspecified atom stereocenters. The Balaban J connectivity index is 2.75. The quantitative estimate of drug-likeness (QED) is 0.819. The van der Waals surface area contributed by atoms with Crippen LogP contribution in [0.4, 0.5) is 5.00 Å². The molecule has 0 radical (unpaired) electrons. The van der Waals surface area contributed by atoms with Crippen LogP contribution in [0.2, 0.25) is 0 Å². The standard InChI is InChI=1S/C14H15NOS/c1-8-6-11(7-16)10(3)14(9(8)2)12-4-5-13(15)17-12/h4-7H,15H2,1-3H3. The van der Waals surface area contributed by atoms with E-state index in [1.807, 2.05) is 32.0 Å². The average Bonchev–Trinajstić information content (AvgIpc) is 2.70. The maximum atomic E-state index is 11.1. The van der Waals surface area contributed by atoms with Gasteiger partial charge in [-0.05, 0) is 61.2 Å². The van der Waals surface area contributed by atoms with Gasteiger partial charge in [-0.15, -0.1) is 11.3 Å². The summed E-state index contributed by atoms with van der Waals surface area (Å²) in [6.45, 7) is 6.10. The fourth-order valence-electron chi connectivity index (χ4n) is 2.05. The Labute approximate surface area is 105 Å². The summed E-state index contributed by atoms with van der Waals surface area (Å²) in [4.78, 5) is 12.2. The van der Waals surface area contributed by atoms with Crippen molar-refractivity contribution in [1.82, 2.24) is 0 Å². The van der Waals surface area contributed by atoms with Crippen molar-refractivity contribution in [2.75, 3.05) is 5.73 Å². The number of nitrogen functional groups attached to an aromatic ring is 1. The van der Waals surface area contributed by atoms with Gasteiger partial charge in [0.15, 0.2) is 0 Å². The van der Waals surface area contributed by atoms with Gasteiger partial charge >= 0.3 is 0 Å². The van der Waals surface area contributed by atoms with E-state index >= 15 is 0 Å². The molecular weight excluding hydrogens is 230 g/mol. The molecule has 1 aromatic heterocycles. The molecule has 88 valence electrons. The summed E-state index contributed by atoms with van der Waals surface area (Å²) < 4.78 is 0. The molecule has 2 aromatic rings. The predicted molar refractivity (Wildman–Crippen MR) is 73.8 cm³/mol. The van der Waals surface area contributed by atoms with E-state index in [1.165, 1.54) is 5.56 Å². The number of aryl methyl sites for hydroxylation is 1. The third-order valence-electron chi connectivity index (χ3n) is 3.15. The van der Waals surface area contributed by atoms with Crippen LogP contribution in [-0.4, -0.2) is 6.29 Å². The van der Waals surface area contributed by atoms with Crippen LogP contribution in [0.15, 0.2) is 18.2 Å². The van der Waals surface area contributed by atoms with Crippen LogP contribution in [0.5, 0.6) is 0 Å². The van der Waals surface area contributed by atoms with Crippen LogP contribution < -0.4 is 5.73 Å². The lowest BCUT2D eigenvalue weighted by Gasteiger charge is -2.13. The van der Waals surface area contributed by atoms with Gasteiger partial charge in [-0.1, -0.05) is 0 Å². The molecular formula is C14H15NOS. The molecule has 0 amide bonds. The lowest BCUT2D eigenvalue weighted by Crippen LogP contribution is -1.96. The zero-order valence-electron chi connectivity index (χ0n) is 10.2. The molecule has 0 fully saturated rings. The second kappa shape index (κ2) is 4.34. The summed E-state index contributed by atoms with van der Waals surface area (Å²) in [6, 6.07) is 5.86. The minimum absolute atomic E-state index is 0.759. The first-order chi connectivity index (χ1) is 8.04. The molecule has 0 spiro atoms. The van der Waals surface area contributed by atoms with E-state index in [9.17, 15) is 4.79 Å². The Kier molecular flexibility index (Phi) is 3.03. The lowest BCUT2D eigenvalue weighted by atomic mass is 9.93. The van der Waals surface area contributed by atoms with Gasteiger partial charge in [0, 0.05) is 10.4 Å². The first-order valence-corrected chi connectivity index (χ1v) is 6.28. The minimum Gasteiger partial charge on any atom is -0.391 e. The van der Waals surface area contributed by atoms with Gasteiger partial charge in [-0.2, -0.15) is 0 Å². The molecule has 0 aliphatic carbocycles. The third kappa shape index (κ3) is 1.98. The third-order valence-corrected chi connectivity index (χ3v) is 4.08. The molecule has 0 atom stereocenters. The van der Waals surface area contributed by atoms with Crippen LogP contribution in [0.1, 0.15) is 27.0 Å². The molecule has 1 aromatic carbocycles. The summed E-state index contributed by atoms with van der Waals surface area (Å²) in [5.74, 6) is 0. The zero-order chi connectivity index (χ0) is 12.6.